The monoisotopic (exact) mass is 306 g/mol. The van der Waals surface area contributed by atoms with Crippen molar-refractivity contribution in [3.05, 3.63) is 0 Å². The molecule has 0 saturated heterocycles. The minimum atomic E-state index is -5.71. The Morgan fingerprint density at radius 1 is 1.26 bits per heavy atom. The number of hydrogen-bond donors (Lipinski definition) is 0. The predicted octanol–water partition coefficient (Wildman–Crippen LogP) is 2.22. The van der Waals surface area contributed by atoms with Crippen LogP contribution in [0.1, 0.15) is 33.6 Å². The number of esters is 1. The molecule has 0 rings (SSSR count). The van der Waals surface area contributed by atoms with E-state index in [0.717, 1.165) is 0 Å². The van der Waals surface area contributed by atoms with Gasteiger partial charge in [-0.1, -0.05) is 13.8 Å². The van der Waals surface area contributed by atoms with Gasteiger partial charge in [-0.3, -0.25) is 8.98 Å². The quantitative estimate of drug-likeness (QED) is 0.410. The molecule has 0 bridgehead atoms. The largest absolute Gasteiger partial charge is 0.523 e. The van der Waals surface area contributed by atoms with Gasteiger partial charge in [0.05, 0.1) is 19.1 Å². The van der Waals surface area contributed by atoms with Gasteiger partial charge < -0.3 is 4.74 Å². The molecule has 1 atom stereocenters. The Labute approximate surface area is 110 Å². The van der Waals surface area contributed by atoms with Crippen molar-refractivity contribution in [2.75, 3.05) is 6.61 Å². The fraction of sp³-hybridized carbons (Fsp3) is 0.900. The molecular formula is C10H17F3O5S. The molecular weight excluding hydrogens is 289 g/mol. The van der Waals surface area contributed by atoms with Gasteiger partial charge in [-0.15, -0.1) is 0 Å². The summed E-state index contributed by atoms with van der Waals surface area (Å²) >= 11 is 0. The molecule has 0 N–H and O–H groups in total. The fourth-order valence-electron chi connectivity index (χ4n) is 1.32. The van der Waals surface area contributed by atoms with Crippen molar-refractivity contribution >= 4 is 16.1 Å². The van der Waals surface area contributed by atoms with Crippen LogP contribution in [-0.4, -0.2) is 32.6 Å². The Balaban J connectivity index is 4.83. The minimum Gasteiger partial charge on any atom is -0.466 e. The van der Waals surface area contributed by atoms with Crippen LogP contribution < -0.4 is 0 Å². The minimum absolute atomic E-state index is 0.00583. The second-order valence-electron chi connectivity index (χ2n) is 4.26. The summed E-state index contributed by atoms with van der Waals surface area (Å²) in [5, 5.41) is 0. The molecule has 114 valence electrons. The highest BCUT2D eigenvalue weighted by atomic mass is 32.2. The molecule has 0 aromatic carbocycles. The Kier molecular flexibility index (Phi) is 6.78. The van der Waals surface area contributed by atoms with Crippen LogP contribution in [0.5, 0.6) is 0 Å². The molecule has 0 fully saturated rings. The van der Waals surface area contributed by atoms with Crippen LogP contribution >= 0.6 is 0 Å². The molecule has 0 heterocycles. The highest BCUT2D eigenvalue weighted by molar-refractivity contribution is 7.87. The Bertz CT molecular complexity index is 388. The Morgan fingerprint density at radius 2 is 1.79 bits per heavy atom. The highest BCUT2D eigenvalue weighted by Crippen LogP contribution is 2.28. The first-order valence-electron chi connectivity index (χ1n) is 5.64. The normalized spacial score (nSPS) is 14.5. The summed E-state index contributed by atoms with van der Waals surface area (Å²) in [6, 6.07) is 0. The zero-order valence-corrected chi connectivity index (χ0v) is 11.7. The molecule has 0 aliphatic rings. The van der Waals surface area contributed by atoms with Crippen molar-refractivity contribution < 1.29 is 35.3 Å². The molecule has 0 spiro atoms. The smallest absolute Gasteiger partial charge is 0.466 e. The van der Waals surface area contributed by atoms with Gasteiger partial charge in [0.25, 0.3) is 0 Å². The molecule has 19 heavy (non-hydrogen) atoms. The van der Waals surface area contributed by atoms with Gasteiger partial charge >= 0.3 is 21.6 Å². The Morgan fingerprint density at radius 3 is 2.16 bits per heavy atom. The summed E-state index contributed by atoms with van der Waals surface area (Å²) in [6.45, 7) is 4.92. The van der Waals surface area contributed by atoms with Crippen molar-refractivity contribution in [1.29, 1.82) is 0 Å². The average molecular weight is 306 g/mol. The van der Waals surface area contributed by atoms with Crippen LogP contribution in [0, 0.1) is 5.92 Å². The van der Waals surface area contributed by atoms with Crippen LogP contribution in [0.4, 0.5) is 13.2 Å². The maximum Gasteiger partial charge on any atom is 0.523 e. The number of carbonyl (C=O) groups excluding carboxylic acids is 1. The standard InChI is InChI=1S/C10H17F3O5S/c1-4-17-9(14)6-8(5-7(2)3)18-19(15,16)10(11,12)13/h7-8H,4-6H2,1-3H3/t8-/m0/s1. The highest BCUT2D eigenvalue weighted by Gasteiger charge is 2.48. The molecule has 0 aromatic rings. The molecule has 0 aromatic heterocycles. The maximum atomic E-state index is 12.2. The number of alkyl halides is 3. The van der Waals surface area contributed by atoms with Crippen LogP contribution in [0.3, 0.4) is 0 Å². The molecule has 9 heteroatoms. The molecule has 0 aliphatic heterocycles. The van der Waals surface area contributed by atoms with Gasteiger partial charge in [0.15, 0.2) is 0 Å². The first kappa shape index (κ1) is 18.2. The van der Waals surface area contributed by atoms with E-state index < -0.39 is 34.1 Å². The zero-order chi connectivity index (χ0) is 15.3. The number of hydrogen-bond acceptors (Lipinski definition) is 5. The van der Waals surface area contributed by atoms with Gasteiger partial charge in [0.1, 0.15) is 0 Å². The lowest BCUT2D eigenvalue weighted by molar-refractivity contribution is -0.145. The summed E-state index contributed by atoms with van der Waals surface area (Å²) in [5.41, 5.74) is -5.50. The Hall–Kier alpha value is -0.830. The summed E-state index contributed by atoms with van der Waals surface area (Å²) in [7, 11) is -5.71. The van der Waals surface area contributed by atoms with E-state index >= 15 is 0 Å². The van der Waals surface area contributed by atoms with E-state index in [1.165, 1.54) is 6.92 Å². The van der Waals surface area contributed by atoms with Crippen LogP contribution in [-0.2, 0) is 23.8 Å². The van der Waals surface area contributed by atoms with E-state index in [0.29, 0.717) is 0 Å². The van der Waals surface area contributed by atoms with E-state index in [1.54, 1.807) is 13.8 Å². The van der Waals surface area contributed by atoms with Crippen LogP contribution in [0.2, 0.25) is 0 Å². The summed E-state index contributed by atoms with van der Waals surface area (Å²) in [4.78, 5) is 11.2. The van der Waals surface area contributed by atoms with E-state index in [4.69, 9.17) is 0 Å². The second-order valence-corrected chi connectivity index (χ2v) is 5.82. The van der Waals surface area contributed by atoms with Crippen LogP contribution in [0.25, 0.3) is 0 Å². The topological polar surface area (TPSA) is 69.7 Å². The summed E-state index contributed by atoms with van der Waals surface area (Å²) in [5.74, 6) is -0.937. The number of rotatable bonds is 7. The number of ether oxygens (including phenoxy) is 1. The average Bonchev–Trinajstić information content (AvgIpc) is 2.13. The lowest BCUT2D eigenvalue weighted by Gasteiger charge is -2.19. The van der Waals surface area contributed by atoms with Gasteiger partial charge in [0, 0.05) is 0 Å². The maximum absolute atomic E-state index is 12.2. The molecule has 5 nitrogen and oxygen atoms in total. The summed E-state index contributed by atoms with van der Waals surface area (Å²) in [6.07, 6.45) is -1.93. The first-order valence-corrected chi connectivity index (χ1v) is 7.05. The molecule has 0 amide bonds. The third kappa shape index (κ3) is 6.76. The van der Waals surface area contributed by atoms with Gasteiger partial charge in [-0.2, -0.15) is 21.6 Å². The third-order valence-corrected chi connectivity index (χ3v) is 3.07. The van der Waals surface area contributed by atoms with Crippen molar-refractivity contribution in [1.82, 2.24) is 0 Å². The van der Waals surface area contributed by atoms with Crippen molar-refractivity contribution in [3.63, 3.8) is 0 Å². The van der Waals surface area contributed by atoms with E-state index in [2.05, 4.69) is 8.92 Å². The van der Waals surface area contributed by atoms with E-state index in [-0.39, 0.29) is 18.9 Å². The molecule has 0 unspecified atom stereocenters. The molecule has 0 saturated carbocycles. The first-order chi connectivity index (χ1) is 8.49. The third-order valence-electron chi connectivity index (χ3n) is 1.98. The van der Waals surface area contributed by atoms with Crippen molar-refractivity contribution in [3.8, 4) is 0 Å². The second kappa shape index (κ2) is 7.09. The van der Waals surface area contributed by atoms with E-state index in [1.807, 2.05) is 0 Å². The lowest BCUT2D eigenvalue weighted by Crippen LogP contribution is -2.32. The van der Waals surface area contributed by atoms with Gasteiger partial charge in [-0.25, -0.2) is 0 Å². The number of halogens is 3. The van der Waals surface area contributed by atoms with E-state index in [9.17, 15) is 26.4 Å². The zero-order valence-electron chi connectivity index (χ0n) is 10.9. The van der Waals surface area contributed by atoms with Crippen LogP contribution in [0.15, 0.2) is 0 Å². The van der Waals surface area contributed by atoms with Gasteiger partial charge in [-0.05, 0) is 19.3 Å². The number of carbonyl (C=O) groups is 1. The van der Waals surface area contributed by atoms with Crippen molar-refractivity contribution in [2.24, 2.45) is 5.92 Å². The molecule has 0 radical (unpaired) electrons. The molecule has 0 aliphatic carbocycles. The fourth-order valence-corrected chi connectivity index (χ4v) is 1.94. The SMILES string of the molecule is CCOC(=O)C[C@H](CC(C)C)OS(=O)(=O)C(F)(F)F. The van der Waals surface area contributed by atoms with Crippen molar-refractivity contribution in [2.45, 2.75) is 45.2 Å². The predicted molar refractivity (Wildman–Crippen MR) is 60.6 cm³/mol. The summed E-state index contributed by atoms with van der Waals surface area (Å²) < 4.78 is 67.0. The van der Waals surface area contributed by atoms with Gasteiger partial charge in [0.2, 0.25) is 0 Å². The lowest BCUT2D eigenvalue weighted by atomic mass is 10.0.